The molecule has 1 aliphatic rings. The van der Waals surface area contributed by atoms with Crippen molar-refractivity contribution in [3.63, 3.8) is 0 Å². The number of carbonyl (C=O) groups is 2. The average molecular weight is 409 g/mol. The van der Waals surface area contributed by atoms with Crippen LogP contribution in [0.3, 0.4) is 0 Å². The van der Waals surface area contributed by atoms with Gasteiger partial charge in [-0.05, 0) is 56.9 Å². The Hall–Kier alpha value is -2.82. The molecule has 2 amide bonds. The van der Waals surface area contributed by atoms with Crippen molar-refractivity contribution in [2.24, 2.45) is 11.3 Å². The van der Waals surface area contributed by atoms with Crippen molar-refractivity contribution in [3.05, 3.63) is 53.6 Å². The molecule has 0 fully saturated rings. The zero-order chi connectivity index (χ0) is 21.9. The highest BCUT2D eigenvalue weighted by atomic mass is 16.5. The molecule has 3 rings (SSSR count). The summed E-state index contributed by atoms with van der Waals surface area (Å²) in [7, 11) is 0. The van der Waals surface area contributed by atoms with E-state index in [2.05, 4.69) is 19.2 Å². The first-order chi connectivity index (χ1) is 14.2. The maximum Gasteiger partial charge on any atom is 0.236 e. The van der Waals surface area contributed by atoms with Gasteiger partial charge in [0.25, 0.3) is 0 Å². The molecule has 0 bridgehead atoms. The van der Waals surface area contributed by atoms with Gasteiger partial charge in [-0.3, -0.25) is 9.59 Å². The summed E-state index contributed by atoms with van der Waals surface area (Å²) >= 11 is 0. The second-order valence-electron chi connectivity index (χ2n) is 9.21. The molecule has 1 aliphatic heterocycles. The zero-order valence-corrected chi connectivity index (χ0v) is 18.6. The molecule has 1 N–H and O–H groups in total. The van der Waals surface area contributed by atoms with Crippen LogP contribution in [0.15, 0.2) is 42.5 Å². The van der Waals surface area contributed by atoms with E-state index in [1.165, 1.54) is 0 Å². The molecule has 0 spiro atoms. The van der Waals surface area contributed by atoms with Crippen LogP contribution < -0.4 is 15.0 Å². The molecule has 0 radical (unpaired) electrons. The van der Waals surface area contributed by atoms with Gasteiger partial charge >= 0.3 is 0 Å². The number of benzene rings is 2. The summed E-state index contributed by atoms with van der Waals surface area (Å²) in [6.45, 7) is 11.1. The van der Waals surface area contributed by atoms with E-state index in [-0.39, 0.29) is 11.8 Å². The third-order valence-corrected chi connectivity index (χ3v) is 5.32. The van der Waals surface area contributed by atoms with Gasteiger partial charge in [-0.25, -0.2) is 0 Å². The van der Waals surface area contributed by atoms with Gasteiger partial charge in [0.2, 0.25) is 11.8 Å². The fraction of sp³-hybridized carbons (Fsp3) is 0.440. The fourth-order valence-electron chi connectivity index (χ4n) is 3.54. The molecule has 0 atom stereocenters. The van der Waals surface area contributed by atoms with Crippen molar-refractivity contribution >= 4 is 23.2 Å². The molecule has 0 unspecified atom stereocenters. The number of rotatable bonds is 6. The molecule has 30 heavy (non-hydrogen) atoms. The highest BCUT2D eigenvalue weighted by Gasteiger charge is 2.37. The van der Waals surface area contributed by atoms with Crippen LogP contribution in [0.4, 0.5) is 11.4 Å². The van der Waals surface area contributed by atoms with E-state index in [9.17, 15) is 9.59 Å². The van der Waals surface area contributed by atoms with Gasteiger partial charge in [0, 0.05) is 12.2 Å². The number of hydrogen-bond acceptors (Lipinski definition) is 3. The number of amides is 2. The van der Waals surface area contributed by atoms with E-state index in [0.717, 1.165) is 23.2 Å². The van der Waals surface area contributed by atoms with Crippen molar-refractivity contribution in [2.45, 2.75) is 47.5 Å². The van der Waals surface area contributed by atoms with Crippen LogP contribution in [-0.4, -0.2) is 25.0 Å². The minimum absolute atomic E-state index is 0.0464. The lowest BCUT2D eigenvalue weighted by atomic mass is 9.92. The summed E-state index contributed by atoms with van der Waals surface area (Å²) in [4.78, 5) is 27.6. The monoisotopic (exact) mass is 408 g/mol. The van der Waals surface area contributed by atoms with Gasteiger partial charge in [-0.1, -0.05) is 43.7 Å². The number of ether oxygens (including phenoxy) is 1. The number of hydrogen-bond donors (Lipinski definition) is 1. The van der Waals surface area contributed by atoms with Gasteiger partial charge in [-0.15, -0.1) is 0 Å². The Labute approximate surface area is 179 Å². The van der Waals surface area contributed by atoms with Crippen molar-refractivity contribution in [1.29, 1.82) is 0 Å². The molecule has 5 heteroatoms. The summed E-state index contributed by atoms with van der Waals surface area (Å²) in [6.07, 6.45) is 1.20. The molecule has 0 aromatic heterocycles. The number of nitrogens with one attached hydrogen (secondary N) is 1. The third-order valence-electron chi connectivity index (χ3n) is 5.32. The maximum absolute atomic E-state index is 13.2. The van der Waals surface area contributed by atoms with Crippen LogP contribution in [0.2, 0.25) is 0 Å². The number of carbonyl (C=O) groups excluding carboxylic acids is 2. The second-order valence-corrected chi connectivity index (χ2v) is 9.21. The second kappa shape index (κ2) is 8.90. The van der Waals surface area contributed by atoms with Crippen molar-refractivity contribution in [3.8, 4) is 5.75 Å². The van der Waals surface area contributed by atoms with Crippen molar-refractivity contribution in [2.75, 3.05) is 23.4 Å². The van der Waals surface area contributed by atoms with Gasteiger partial charge < -0.3 is 15.0 Å². The van der Waals surface area contributed by atoms with E-state index in [0.29, 0.717) is 36.9 Å². The first-order valence-electron chi connectivity index (χ1n) is 10.6. The van der Waals surface area contributed by atoms with Crippen LogP contribution >= 0.6 is 0 Å². The molecule has 5 nitrogen and oxygen atoms in total. The van der Waals surface area contributed by atoms with Gasteiger partial charge in [0.05, 0.1) is 17.5 Å². The molecule has 1 heterocycles. The molecule has 2 aromatic rings. The molecule has 160 valence electrons. The Kier molecular flexibility index (Phi) is 6.49. The third kappa shape index (κ3) is 5.21. The van der Waals surface area contributed by atoms with E-state index in [1.807, 2.05) is 68.1 Å². The zero-order valence-electron chi connectivity index (χ0n) is 18.6. The smallest absolute Gasteiger partial charge is 0.236 e. The van der Waals surface area contributed by atoms with Gasteiger partial charge in [0.15, 0.2) is 0 Å². The lowest BCUT2D eigenvalue weighted by Gasteiger charge is -2.28. The lowest BCUT2D eigenvalue weighted by Crippen LogP contribution is -2.42. The minimum Gasteiger partial charge on any atom is -0.490 e. The highest BCUT2D eigenvalue weighted by molar-refractivity contribution is 6.00. The predicted octanol–water partition coefficient (Wildman–Crippen LogP) is 4.97. The molecule has 0 saturated heterocycles. The molecule has 0 aliphatic carbocycles. The number of fused-ring (bicyclic) bond motifs is 1. The SMILES string of the molecule is Cc1cccc(CC(=O)Nc2ccc3c(c2)N(CCC(C)C)C(=O)C(C)(C)CO3)c1. The highest BCUT2D eigenvalue weighted by Crippen LogP contribution is 2.38. The first kappa shape index (κ1) is 21.9. The van der Waals surface area contributed by atoms with E-state index >= 15 is 0 Å². The number of aryl methyl sites for hydroxylation is 1. The van der Waals surface area contributed by atoms with Gasteiger partial charge in [-0.2, -0.15) is 0 Å². The molecule has 0 saturated carbocycles. The Morgan fingerprint density at radius 3 is 2.67 bits per heavy atom. The summed E-state index contributed by atoms with van der Waals surface area (Å²) < 4.78 is 5.96. The minimum atomic E-state index is -0.607. The number of nitrogens with zero attached hydrogens (tertiary/aromatic N) is 1. The van der Waals surface area contributed by atoms with Crippen molar-refractivity contribution < 1.29 is 14.3 Å². The van der Waals surface area contributed by atoms with Crippen molar-refractivity contribution in [1.82, 2.24) is 0 Å². The Morgan fingerprint density at radius 1 is 1.20 bits per heavy atom. The molecular weight excluding hydrogens is 376 g/mol. The summed E-state index contributed by atoms with van der Waals surface area (Å²) in [5.74, 6) is 1.11. The quantitative estimate of drug-likeness (QED) is 0.734. The van der Waals surface area contributed by atoms with Crippen LogP contribution in [0.25, 0.3) is 0 Å². The van der Waals surface area contributed by atoms with E-state index in [4.69, 9.17) is 4.74 Å². The molecule has 2 aromatic carbocycles. The van der Waals surface area contributed by atoms with Crippen LogP contribution in [0.1, 0.15) is 45.2 Å². The predicted molar refractivity (Wildman–Crippen MR) is 121 cm³/mol. The van der Waals surface area contributed by atoms with E-state index in [1.54, 1.807) is 0 Å². The Balaban J connectivity index is 1.83. The fourth-order valence-corrected chi connectivity index (χ4v) is 3.54. The topological polar surface area (TPSA) is 58.6 Å². The summed E-state index contributed by atoms with van der Waals surface area (Å²) in [6, 6.07) is 13.5. The van der Waals surface area contributed by atoms with Gasteiger partial charge in [0.1, 0.15) is 12.4 Å². The first-order valence-corrected chi connectivity index (χ1v) is 10.6. The normalized spacial score (nSPS) is 15.4. The van der Waals surface area contributed by atoms with Crippen LogP contribution in [0, 0.1) is 18.3 Å². The Bertz CT molecular complexity index is 934. The van der Waals surface area contributed by atoms with Crippen LogP contribution in [-0.2, 0) is 16.0 Å². The largest absolute Gasteiger partial charge is 0.490 e. The van der Waals surface area contributed by atoms with Crippen LogP contribution in [0.5, 0.6) is 5.75 Å². The average Bonchev–Trinajstić information content (AvgIpc) is 2.75. The standard InChI is InChI=1S/C25H32N2O3/c1-17(2)11-12-27-21-15-20(9-10-22(21)30-16-25(4,5)24(27)29)26-23(28)14-19-8-6-7-18(3)13-19/h6-10,13,15,17H,11-12,14,16H2,1-5H3,(H,26,28). The maximum atomic E-state index is 13.2. The number of anilines is 2. The molecular formula is C25H32N2O3. The summed E-state index contributed by atoms with van der Waals surface area (Å²) in [5, 5.41) is 2.97. The van der Waals surface area contributed by atoms with E-state index < -0.39 is 5.41 Å². The summed E-state index contributed by atoms with van der Waals surface area (Å²) in [5.41, 5.74) is 2.88. The lowest BCUT2D eigenvalue weighted by molar-refractivity contribution is -0.127. The Morgan fingerprint density at radius 2 is 1.97 bits per heavy atom.